The third-order valence-corrected chi connectivity index (χ3v) is 8.71. The number of hydrogen-bond donors (Lipinski definition) is 0. The fraction of sp³-hybridized carbons (Fsp3) is 0.500. The van der Waals surface area contributed by atoms with Crippen LogP contribution in [-0.2, 0) is 41.4 Å². The van der Waals surface area contributed by atoms with E-state index in [1.54, 1.807) is 3.95 Å². The Labute approximate surface area is 127 Å². The zero-order chi connectivity index (χ0) is 14.0. The maximum absolute atomic E-state index is 9.29. The van der Waals surface area contributed by atoms with Crippen molar-refractivity contribution in [2.75, 3.05) is 0 Å². The molecule has 0 aliphatic rings. The quantitative estimate of drug-likeness (QED) is 0.442. The first-order valence-electron chi connectivity index (χ1n) is 5.84. The van der Waals surface area contributed by atoms with Crippen LogP contribution in [0.15, 0.2) is 30.3 Å². The molecule has 0 saturated carbocycles. The van der Waals surface area contributed by atoms with Crippen LogP contribution >= 0.6 is 5.69 Å². The van der Waals surface area contributed by atoms with Gasteiger partial charge in [0, 0.05) is 0 Å². The van der Waals surface area contributed by atoms with Crippen LogP contribution in [0.1, 0.15) is 26.7 Å². The normalized spacial score (nSPS) is 10.5. The summed E-state index contributed by atoms with van der Waals surface area (Å²) in [6, 6.07) is 11.2. The van der Waals surface area contributed by atoms with Gasteiger partial charge in [0.05, 0.1) is 0 Å². The first kappa shape index (κ1) is 18.8. The average Bonchev–Trinajstić information content (AvgIpc) is 2.28. The molecule has 0 heterocycles. The van der Waals surface area contributed by atoms with E-state index in [1.165, 1.54) is 22.5 Å². The molecule has 0 spiro atoms. The molecule has 0 atom stereocenters. The van der Waals surface area contributed by atoms with Crippen LogP contribution in [0.3, 0.4) is 0 Å². The Morgan fingerprint density at radius 3 is 1.83 bits per heavy atom. The van der Waals surface area contributed by atoms with Crippen molar-refractivity contribution in [3.8, 4) is 0 Å². The molecule has 102 valence electrons. The average molecular weight is 386 g/mol. The van der Waals surface area contributed by atoms with E-state index in [0.29, 0.717) is 0 Å². The van der Waals surface area contributed by atoms with Crippen molar-refractivity contribution in [3.63, 3.8) is 0 Å². The zero-order valence-corrected chi connectivity index (χ0v) is 15.2. The van der Waals surface area contributed by atoms with Gasteiger partial charge in [0.15, 0.2) is 0 Å². The molecule has 0 fully saturated rings. The summed E-state index contributed by atoms with van der Waals surface area (Å²) in [7, 11) is 0. The molecule has 1 aromatic carbocycles. The van der Waals surface area contributed by atoms with Crippen molar-refractivity contribution >= 4 is 33.7 Å². The van der Waals surface area contributed by atoms with E-state index < -0.39 is 23.0 Å². The molecule has 2 nitrogen and oxygen atoms in total. The van der Waals surface area contributed by atoms with Gasteiger partial charge in [-0.2, -0.15) is 11.8 Å². The Morgan fingerprint density at radius 2 is 1.50 bits per heavy atom. The minimum atomic E-state index is -3.72. The number of rotatable bonds is 5. The molecule has 0 N–H and O–H groups in total. The number of benzene rings is 1. The van der Waals surface area contributed by atoms with E-state index in [4.69, 9.17) is 0 Å². The monoisotopic (exact) mass is 388 g/mol. The van der Waals surface area contributed by atoms with Gasteiger partial charge in [0.2, 0.25) is 0 Å². The van der Waals surface area contributed by atoms with E-state index in [9.17, 15) is 9.79 Å². The van der Waals surface area contributed by atoms with Crippen LogP contribution in [0.25, 0.3) is 0 Å². The molecule has 0 saturated heterocycles. The van der Waals surface area contributed by atoms with E-state index >= 15 is 0 Å². The van der Waals surface area contributed by atoms with E-state index in [0.717, 1.165) is 0 Å². The second kappa shape index (κ2) is 10.6. The topological polar surface area (TPSA) is 46.1 Å². The molecule has 0 bridgehead atoms. The molecule has 1 rings (SSSR count). The minimum Gasteiger partial charge on any atom is -0.850 e. The number of hydrogen-bond acceptors (Lipinski definition) is 4. The summed E-state index contributed by atoms with van der Waals surface area (Å²) in [4.78, 5) is 21.6. The molecule has 0 aliphatic carbocycles. The van der Waals surface area contributed by atoms with Crippen LogP contribution in [0.2, 0.25) is 9.62 Å². The molecular weight excluding hydrogens is 367 g/mol. The smallest absolute Gasteiger partial charge is 0.160 e. The minimum absolute atomic E-state index is 0.901. The van der Waals surface area contributed by atoms with Crippen molar-refractivity contribution in [3.05, 3.63) is 30.3 Å². The Kier molecular flexibility index (Phi) is 11.1. The molecule has 18 heavy (non-hydrogen) atoms. The van der Waals surface area contributed by atoms with E-state index in [-0.39, 0.29) is 0 Å². The molecule has 0 aromatic heterocycles. The van der Waals surface area contributed by atoms with Gasteiger partial charge in [-0.15, -0.1) is 0 Å². The summed E-state index contributed by atoms with van der Waals surface area (Å²) in [6.45, 7) is 4.62. The van der Waals surface area contributed by atoms with Gasteiger partial charge < -0.3 is 27.7 Å². The van der Waals surface area contributed by atoms with Gasteiger partial charge in [-0.05, 0) is 0 Å². The van der Waals surface area contributed by atoms with Gasteiger partial charge in [-0.3, -0.25) is 0 Å². The molecule has 0 amide bonds. The van der Waals surface area contributed by atoms with Crippen LogP contribution < -0.4 is 13.7 Å². The SMILES string of the molecule is CC[CH2][Mo+3]([CH2]CC)[c]1ccccc1.[O-]P([O-])(=S)[S-]. The predicted octanol–water partition coefficient (Wildman–Crippen LogP) is 2.07. The largest absolute Gasteiger partial charge is 0.850 e. The van der Waals surface area contributed by atoms with Gasteiger partial charge in [0.1, 0.15) is 0 Å². The van der Waals surface area contributed by atoms with Gasteiger partial charge >= 0.3 is 87.9 Å². The van der Waals surface area contributed by atoms with Crippen LogP contribution in [0, 0.1) is 0 Å². The molecular formula is C12H19MoO2PS2. The van der Waals surface area contributed by atoms with E-state index in [2.05, 4.69) is 68.2 Å². The molecule has 0 radical (unpaired) electrons. The van der Waals surface area contributed by atoms with Crippen molar-refractivity contribution < 1.29 is 27.1 Å². The summed E-state index contributed by atoms with van der Waals surface area (Å²) >= 11 is 6.38. The molecule has 0 aliphatic heterocycles. The Morgan fingerprint density at radius 1 is 1.11 bits per heavy atom. The summed E-state index contributed by atoms with van der Waals surface area (Å²) in [5, 5.41) is 0. The third kappa shape index (κ3) is 11.9. The standard InChI is InChI=1S/C6H5.2C3H7.Mo.H3O2PS2/c1-2-4-6-5-3-1;2*1-3-2;;1-3(2,4)5/h1-5H;2*1,3H2,2H3;;(H3,1,2,4,5)/q;;;+3;/p-3. The molecule has 1 aromatic rings. The Bertz CT molecular complexity index is 342. The maximum Gasteiger partial charge on any atom is -0.160 e. The van der Waals surface area contributed by atoms with Crippen molar-refractivity contribution in [1.29, 1.82) is 0 Å². The fourth-order valence-electron chi connectivity index (χ4n) is 1.44. The predicted molar refractivity (Wildman–Crippen MR) is 77.9 cm³/mol. The first-order valence-corrected chi connectivity index (χ1v) is 13.3. The van der Waals surface area contributed by atoms with Gasteiger partial charge in [0.25, 0.3) is 0 Å². The summed E-state index contributed by atoms with van der Waals surface area (Å²) < 4.78 is 1.69. The van der Waals surface area contributed by atoms with Gasteiger partial charge in [-0.25, -0.2) is 0 Å². The molecule has 6 heteroatoms. The summed E-state index contributed by atoms with van der Waals surface area (Å²) in [6.07, 6.45) is 2.73. The fourth-order valence-corrected chi connectivity index (χ4v) is 6.86. The van der Waals surface area contributed by atoms with Gasteiger partial charge in [-0.1, -0.05) is 0 Å². The van der Waals surface area contributed by atoms with E-state index in [1.807, 2.05) is 0 Å². The third-order valence-electron chi connectivity index (χ3n) is 1.98. The van der Waals surface area contributed by atoms with Crippen molar-refractivity contribution in [1.82, 2.24) is 0 Å². The molecule has 0 unspecified atom stereocenters. The Balaban J connectivity index is 0.000000494. The van der Waals surface area contributed by atoms with Crippen LogP contribution in [0.5, 0.6) is 0 Å². The van der Waals surface area contributed by atoms with Crippen LogP contribution in [0.4, 0.5) is 0 Å². The zero-order valence-electron chi connectivity index (χ0n) is 10.7. The second-order valence-corrected chi connectivity index (χ2v) is 13.7. The summed E-state index contributed by atoms with van der Waals surface area (Å²) in [5.41, 5.74) is -3.72. The Hall–Kier alpha value is 0.828. The maximum atomic E-state index is 9.29. The second-order valence-electron chi connectivity index (χ2n) is 3.66. The van der Waals surface area contributed by atoms with Crippen molar-refractivity contribution in [2.45, 2.75) is 36.3 Å². The van der Waals surface area contributed by atoms with Crippen LogP contribution in [-0.4, -0.2) is 0 Å². The van der Waals surface area contributed by atoms with Crippen molar-refractivity contribution in [2.24, 2.45) is 0 Å². The first-order chi connectivity index (χ1) is 8.38. The summed E-state index contributed by atoms with van der Waals surface area (Å²) in [5.74, 6) is 0.